The normalized spacial score (nSPS) is 10.8. The first-order valence-corrected chi connectivity index (χ1v) is 46.4. The molecule has 12 heteroatoms. The van der Waals surface area contributed by atoms with E-state index < -0.39 is 0 Å². The topological polar surface area (TPSA) is 77.3 Å². The molecule has 28 rings (SSSR count). The van der Waals surface area contributed by atoms with Gasteiger partial charge in [-0.15, -0.1) is 189 Å². The van der Waals surface area contributed by atoms with Crippen molar-refractivity contribution in [3.05, 3.63) is 521 Å². The third kappa shape index (κ3) is 21.1. The predicted octanol–water partition coefficient (Wildman–Crippen LogP) is 34.3. The Hall–Kier alpha value is -14.2. The van der Waals surface area contributed by atoms with Gasteiger partial charge in [0, 0.05) is 190 Å². The molecule has 0 N–H and O–H groups in total. The van der Waals surface area contributed by atoms with Gasteiger partial charge in [0.05, 0.1) is 0 Å². The molecule has 0 atom stereocenters. The van der Waals surface area contributed by atoms with Crippen LogP contribution in [0.3, 0.4) is 0 Å². The molecule has 0 saturated heterocycles. The van der Waals surface area contributed by atoms with Crippen LogP contribution in [0.1, 0.15) is 11.1 Å². The van der Waals surface area contributed by atoms with Crippen molar-refractivity contribution in [3.63, 3.8) is 0 Å². The fourth-order valence-corrected chi connectivity index (χ4v) is 19.2. The second-order valence-electron chi connectivity index (χ2n) is 34.8. The van der Waals surface area contributed by atoms with Crippen LogP contribution in [-0.2, 0) is 121 Å². The minimum absolute atomic E-state index is 0. The van der Waals surface area contributed by atoms with Gasteiger partial charge in [-0.2, -0.15) is 0 Å². The van der Waals surface area contributed by atoms with Crippen molar-refractivity contribution in [1.82, 2.24) is 29.9 Å². The molecule has 0 amide bonds. The number of rotatable bonds is 6. The molecule has 0 spiro atoms. The van der Waals surface area contributed by atoms with Crippen molar-refractivity contribution in [1.29, 1.82) is 0 Å². The van der Waals surface area contributed by atoms with Gasteiger partial charge in [0.15, 0.2) is 0 Å². The van der Waals surface area contributed by atoms with Gasteiger partial charge in [-0.25, -0.2) is 0 Å². The SMILES string of the molecule is Cc1c(-c2[c-]cccc2)ncc2c1ccc1ccccc12.Cc1cc[c-]c(-c2cc3ccc4ccccc4c3cn2)c1.[Ir].[Ir].[Ir].[Ir].[Ir].[Ir].[c-]1cc2ccc3ccccc3c2cc1-c1cc2ccc3ccccc3c2cn1.[c-]1cc2ccccc2cc1-c1cc2ccc3ccccc3c2cn1.[c-]1ccc2ccccc2c1-c1cc2ccc3ccccc3c2cn1.[c-]1ccccc1-c1cc2ccc3ccccc3c2cn1. The Bertz CT molecular complexity index is 9550. The van der Waals surface area contributed by atoms with E-state index in [0.29, 0.717) is 0 Å². The summed E-state index contributed by atoms with van der Waals surface area (Å²) in [4.78, 5) is 28.2. The van der Waals surface area contributed by atoms with Gasteiger partial charge < -0.3 is 29.9 Å². The molecule has 144 heavy (non-hydrogen) atoms. The van der Waals surface area contributed by atoms with E-state index >= 15 is 0 Å². The first-order valence-electron chi connectivity index (χ1n) is 46.4. The summed E-state index contributed by atoms with van der Waals surface area (Å²) in [5, 5.41) is 39.3. The Labute approximate surface area is 916 Å². The largest absolute Gasteiger partial charge is 0.304 e. The van der Waals surface area contributed by atoms with E-state index in [0.717, 1.165) is 67.5 Å². The number of nitrogens with zero attached hydrogens (tertiary/aromatic N) is 6. The van der Waals surface area contributed by atoms with Crippen LogP contribution in [0.2, 0.25) is 0 Å². The molecule has 6 radical (unpaired) electrons. The molecule has 0 fully saturated rings. The predicted molar refractivity (Wildman–Crippen MR) is 581 cm³/mol. The van der Waals surface area contributed by atoms with Crippen LogP contribution in [0.5, 0.6) is 0 Å². The van der Waals surface area contributed by atoms with Crippen molar-refractivity contribution in [2.24, 2.45) is 0 Å². The molecule has 0 aliphatic rings. The Morgan fingerprint density at radius 2 is 0.451 bits per heavy atom. The van der Waals surface area contributed by atoms with E-state index in [1.54, 1.807) is 0 Å². The molecule has 22 aromatic carbocycles. The van der Waals surface area contributed by atoms with Gasteiger partial charge in [-0.05, 0) is 149 Å². The summed E-state index contributed by atoms with van der Waals surface area (Å²) in [6.45, 7) is 4.23. The molecule has 702 valence electrons. The molecule has 0 aliphatic heterocycles. The van der Waals surface area contributed by atoms with Gasteiger partial charge in [-0.3, -0.25) is 0 Å². The van der Waals surface area contributed by atoms with E-state index in [9.17, 15) is 0 Å². The average molecular weight is 2910 g/mol. The van der Waals surface area contributed by atoms with Crippen LogP contribution in [0.25, 0.3) is 240 Å². The van der Waals surface area contributed by atoms with Gasteiger partial charge in [0.1, 0.15) is 0 Å². The summed E-state index contributed by atoms with van der Waals surface area (Å²) in [6.07, 6.45) is 11.9. The molecule has 28 aromatic rings. The molecule has 0 bridgehead atoms. The van der Waals surface area contributed by atoms with Gasteiger partial charge in [0.25, 0.3) is 0 Å². The van der Waals surface area contributed by atoms with E-state index in [2.05, 4.69) is 436 Å². The molecular formula is C132H84Ir6N6-6. The molecule has 6 heterocycles. The minimum Gasteiger partial charge on any atom is -0.304 e. The van der Waals surface area contributed by atoms with Crippen LogP contribution in [-0.4, -0.2) is 29.9 Å². The number of pyridine rings is 6. The first-order chi connectivity index (χ1) is 68.2. The van der Waals surface area contributed by atoms with E-state index in [4.69, 9.17) is 19.9 Å². The molecule has 0 aliphatic carbocycles. The maximum Gasteiger partial charge on any atom is 0.0245 e. The summed E-state index contributed by atoms with van der Waals surface area (Å²) in [5.41, 5.74) is 14.5. The van der Waals surface area contributed by atoms with Crippen molar-refractivity contribution < 1.29 is 121 Å². The van der Waals surface area contributed by atoms with Crippen molar-refractivity contribution in [2.45, 2.75) is 13.8 Å². The monoisotopic (exact) mass is 2910 g/mol. The molecule has 6 nitrogen and oxygen atoms in total. The summed E-state index contributed by atoms with van der Waals surface area (Å²) in [6, 6.07) is 172. The van der Waals surface area contributed by atoms with Crippen molar-refractivity contribution >= 4 is 172 Å². The first kappa shape index (κ1) is 101. The second-order valence-corrected chi connectivity index (χ2v) is 34.8. The van der Waals surface area contributed by atoms with Crippen molar-refractivity contribution in [3.8, 4) is 67.5 Å². The summed E-state index contributed by atoms with van der Waals surface area (Å²) < 4.78 is 0. The third-order valence-electron chi connectivity index (χ3n) is 26.3. The summed E-state index contributed by atoms with van der Waals surface area (Å²) in [5.74, 6) is 0. The van der Waals surface area contributed by atoms with Crippen LogP contribution >= 0.6 is 0 Å². The maximum absolute atomic E-state index is 4.78. The van der Waals surface area contributed by atoms with E-state index in [1.807, 2.05) is 97.8 Å². The Balaban J connectivity index is 0.000000118. The Kier molecular flexibility index (Phi) is 32.4. The molecular weight excluding hydrogens is 2820 g/mol. The molecule has 0 unspecified atom stereocenters. The maximum atomic E-state index is 4.78. The van der Waals surface area contributed by atoms with Gasteiger partial charge >= 0.3 is 0 Å². The fourth-order valence-electron chi connectivity index (χ4n) is 19.2. The Morgan fingerprint density at radius 3 is 0.868 bits per heavy atom. The number of aryl methyl sites for hydroxylation is 2. The Morgan fingerprint density at radius 1 is 0.160 bits per heavy atom. The smallest absolute Gasteiger partial charge is 0.0245 e. The second kappa shape index (κ2) is 46.0. The number of fused-ring (bicyclic) bond motifs is 23. The standard InChI is InChI=1S/C27H16N.2C23H14N.2C20H14N.C19H12N.6Ir/c1-3-7-23-18(5-1)9-10-20-12-14-22(15-25(20)23)27-16-21-13-11-19-6-2-4-8-24(19)26(21)17-28-27;1-3-9-19-16(6-1)8-5-11-21(19)23-14-18-13-12-17-7-2-4-10-20(17)22(18)15-24-23;1-2-7-18-13-20(12-9-16(18)5-1)23-14-19-11-10-17-6-3-4-8-21(17)22(19)15-24-23;1-14-5-4-7-17(11-14)20-12-16-10-9-15-6-2-3-8-18(15)19(16)13-21-20;1-14-17-12-11-15-7-5-6-10-18(15)19(17)13-21-20(14)16-8-3-2-4-9-16;1-2-7-15(8-3-1)19-12-16-11-10-14-6-4-5-9-17(14)18(16)13-20-19;;;;;;/h1-13,15-17H;1-10,12-15H;1-11,13-15H;2-6,8-13H,1H3;2-8,10-13H,1H3;1-7,9-13H;;;;;;/q6*-1;;;;;;. The number of benzene rings is 22. The van der Waals surface area contributed by atoms with Crippen LogP contribution in [0.4, 0.5) is 0 Å². The molecule has 0 saturated carbocycles. The summed E-state index contributed by atoms with van der Waals surface area (Å²) >= 11 is 0. The zero-order valence-electron chi connectivity index (χ0n) is 77.7. The fraction of sp³-hybridized carbons (Fsp3) is 0.0152. The quantitative estimate of drug-likeness (QED) is 0.122. The zero-order valence-corrected chi connectivity index (χ0v) is 92.1. The van der Waals surface area contributed by atoms with Crippen molar-refractivity contribution in [2.75, 3.05) is 0 Å². The number of hydrogen-bond acceptors (Lipinski definition) is 6. The average Bonchev–Trinajstić information content (AvgIpc) is 0.777. The van der Waals surface area contributed by atoms with Gasteiger partial charge in [0.2, 0.25) is 0 Å². The van der Waals surface area contributed by atoms with Crippen LogP contribution < -0.4 is 0 Å². The number of aromatic nitrogens is 6. The molecule has 6 aromatic heterocycles. The summed E-state index contributed by atoms with van der Waals surface area (Å²) in [7, 11) is 0. The van der Waals surface area contributed by atoms with Crippen LogP contribution in [0.15, 0.2) is 474 Å². The van der Waals surface area contributed by atoms with Crippen LogP contribution in [0, 0.1) is 50.2 Å². The zero-order chi connectivity index (χ0) is 92.2. The van der Waals surface area contributed by atoms with E-state index in [-0.39, 0.29) is 121 Å². The van der Waals surface area contributed by atoms with E-state index in [1.165, 1.54) is 183 Å². The minimum atomic E-state index is 0. The third-order valence-corrected chi connectivity index (χ3v) is 26.3. The number of hydrogen-bond donors (Lipinski definition) is 0. The van der Waals surface area contributed by atoms with Gasteiger partial charge in [-0.1, -0.05) is 368 Å².